The van der Waals surface area contributed by atoms with E-state index < -0.39 is 5.82 Å². The second-order valence-electron chi connectivity index (χ2n) is 6.20. The predicted molar refractivity (Wildman–Crippen MR) is 81.9 cm³/mol. The zero-order valence-electron chi connectivity index (χ0n) is 12.6. The van der Waals surface area contributed by atoms with E-state index in [0.29, 0.717) is 0 Å². The van der Waals surface area contributed by atoms with Gasteiger partial charge in [-0.15, -0.1) is 0 Å². The molecule has 1 aromatic carbocycles. The fourth-order valence-electron chi connectivity index (χ4n) is 3.35. The van der Waals surface area contributed by atoms with Crippen LogP contribution in [0, 0.1) is 11.7 Å². The van der Waals surface area contributed by atoms with Crippen molar-refractivity contribution in [1.82, 2.24) is 5.32 Å². The first-order valence-electron chi connectivity index (χ1n) is 8.00. The maximum Gasteiger partial charge on any atom is 0.227 e. The first kappa shape index (κ1) is 15.0. The van der Waals surface area contributed by atoms with Crippen LogP contribution < -0.4 is 10.2 Å². The summed E-state index contributed by atoms with van der Waals surface area (Å²) in [4.78, 5) is 25.8. The number of halogens is 1. The molecule has 3 rings (SSSR count). The third-order valence-corrected chi connectivity index (χ3v) is 4.59. The molecule has 2 fully saturated rings. The monoisotopic (exact) mass is 304 g/mol. The Labute approximate surface area is 129 Å². The molecule has 4 nitrogen and oxygen atoms in total. The molecule has 0 radical (unpaired) electrons. The number of para-hydroxylation sites is 1. The highest BCUT2D eigenvalue weighted by atomic mass is 19.1. The largest absolute Gasteiger partial charge is 0.353 e. The quantitative estimate of drug-likeness (QED) is 0.933. The predicted octanol–water partition coefficient (Wildman–Crippen LogP) is 2.63. The summed E-state index contributed by atoms with van der Waals surface area (Å²) >= 11 is 0. The zero-order valence-corrected chi connectivity index (χ0v) is 12.6. The van der Waals surface area contributed by atoms with Crippen molar-refractivity contribution in [3.05, 3.63) is 30.1 Å². The van der Waals surface area contributed by atoms with E-state index in [4.69, 9.17) is 0 Å². The van der Waals surface area contributed by atoms with E-state index in [2.05, 4.69) is 5.32 Å². The van der Waals surface area contributed by atoms with Gasteiger partial charge < -0.3 is 10.2 Å². The summed E-state index contributed by atoms with van der Waals surface area (Å²) in [7, 11) is 0. The highest BCUT2D eigenvalue weighted by Gasteiger charge is 2.36. The van der Waals surface area contributed by atoms with Gasteiger partial charge in [0.05, 0.1) is 11.6 Å². The Kier molecular flexibility index (Phi) is 4.41. The average molecular weight is 304 g/mol. The van der Waals surface area contributed by atoms with Gasteiger partial charge in [0.25, 0.3) is 0 Å². The standard InChI is InChI=1S/C17H21FN2O2/c18-14-8-4-5-9-15(14)20-11-12(10-16(20)21)17(22)19-13-6-2-1-3-7-13/h4-5,8-9,12-13H,1-3,6-7,10-11H2,(H,19,22)/t12-/m0/s1. The number of hydrogen-bond acceptors (Lipinski definition) is 2. The van der Waals surface area contributed by atoms with Crippen molar-refractivity contribution in [2.45, 2.75) is 44.6 Å². The van der Waals surface area contributed by atoms with Gasteiger partial charge in [-0.2, -0.15) is 0 Å². The summed E-state index contributed by atoms with van der Waals surface area (Å²) in [5, 5.41) is 3.06. The van der Waals surface area contributed by atoms with Gasteiger partial charge in [0.1, 0.15) is 5.82 Å². The van der Waals surface area contributed by atoms with Gasteiger partial charge in [-0.1, -0.05) is 31.4 Å². The van der Waals surface area contributed by atoms with Crippen LogP contribution in [0.3, 0.4) is 0 Å². The summed E-state index contributed by atoms with van der Waals surface area (Å²) in [6.07, 6.45) is 5.72. The number of rotatable bonds is 3. The second kappa shape index (κ2) is 6.46. The number of carbonyl (C=O) groups excluding carboxylic acids is 2. The third-order valence-electron chi connectivity index (χ3n) is 4.59. The van der Waals surface area contributed by atoms with Crippen LogP contribution in [0.4, 0.5) is 10.1 Å². The molecular formula is C17H21FN2O2. The van der Waals surface area contributed by atoms with E-state index in [0.717, 1.165) is 25.7 Å². The molecule has 0 spiro atoms. The minimum absolute atomic E-state index is 0.0703. The van der Waals surface area contributed by atoms with Crippen LogP contribution in [-0.2, 0) is 9.59 Å². The van der Waals surface area contributed by atoms with Crippen LogP contribution in [0.1, 0.15) is 38.5 Å². The van der Waals surface area contributed by atoms with Crippen LogP contribution in [0.5, 0.6) is 0 Å². The minimum Gasteiger partial charge on any atom is -0.353 e. The van der Waals surface area contributed by atoms with E-state index in [1.54, 1.807) is 18.2 Å². The third kappa shape index (κ3) is 3.13. The van der Waals surface area contributed by atoms with Gasteiger partial charge in [0, 0.05) is 19.0 Å². The Morgan fingerprint density at radius 3 is 2.64 bits per heavy atom. The van der Waals surface area contributed by atoms with Crippen molar-refractivity contribution in [3.8, 4) is 0 Å². The molecular weight excluding hydrogens is 283 g/mol. The molecule has 22 heavy (non-hydrogen) atoms. The van der Waals surface area contributed by atoms with Gasteiger partial charge in [0.15, 0.2) is 0 Å². The Morgan fingerprint density at radius 1 is 1.18 bits per heavy atom. The van der Waals surface area contributed by atoms with Crippen LogP contribution in [-0.4, -0.2) is 24.4 Å². The molecule has 1 atom stereocenters. The second-order valence-corrected chi connectivity index (χ2v) is 6.20. The highest BCUT2D eigenvalue weighted by Crippen LogP contribution is 2.28. The SMILES string of the molecule is O=C(NC1CCCCC1)[C@H]1CC(=O)N(c2ccccc2F)C1. The van der Waals surface area contributed by atoms with Gasteiger partial charge in [0.2, 0.25) is 11.8 Å². The maximum absolute atomic E-state index is 13.8. The van der Waals surface area contributed by atoms with Gasteiger partial charge in [-0.05, 0) is 25.0 Å². The van der Waals surface area contributed by atoms with Crippen molar-refractivity contribution in [3.63, 3.8) is 0 Å². The maximum atomic E-state index is 13.8. The fourth-order valence-corrected chi connectivity index (χ4v) is 3.35. The molecule has 0 aromatic heterocycles. The van der Waals surface area contributed by atoms with Crippen LogP contribution in [0.15, 0.2) is 24.3 Å². The lowest BCUT2D eigenvalue weighted by Gasteiger charge is -2.24. The van der Waals surface area contributed by atoms with Crippen molar-refractivity contribution >= 4 is 17.5 Å². The van der Waals surface area contributed by atoms with Crippen molar-refractivity contribution < 1.29 is 14.0 Å². The van der Waals surface area contributed by atoms with Crippen LogP contribution in [0.2, 0.25) is 0 Å². The molecule has 1 heterocycles. The summed E-state index contributed by atoms with van der Waals surface area (Å²) in [6.45, 7) is 0.262. The molecule has 1 saturated carbocycles. The molecule has 1 aliphatic heterocycles. The Balaban J connectivity index is 1.64. The Morgan fingerprint density at radius 2 is 1.91 bits per heavy atom. The Hall–Kier alpha value is -1.91. The number of amides is 2. The molecule has 1 aliphatic carbocycles. The molecule has 0 bridgehead atoms. The molecule has 2 aliphatic rings. The normalized spacial score (nSPS) is 22.9. The molecule has 5 heteroatoms. The first-order chi connectivity index (χ1) is 10.6. The topological polar surface area (TPSA) is 49.4 Å². The van der Waals surface area contributed by atoms with E-state index in [-0.39, 0.29) is 42.4 Å². The number of benzene rings is 1. The molecule has 118 valence electrons. The number of anilines is 1. The summed E-state index contributed by atoms with van der Waals surface area (Å²) in [5.74, 6) is -1.06. The van der Waals surface area contributed by atoms with Crippen LogP contribution >= 0.6 is 0 Å². The zero-order chi connectivity index (χ0) is 15.5. The molecule has 2 amide bonds. The molecule has 1 aromatic rings. The number of nitrogens with one attached hydrogen (secondary N) is 1. The highest BCUT2D eigenvalue weighted by molar-refractivity contribution is 6.00. The molecule has 1 N–H and O–H groups in total. The number of nitrogens with zero attached hydrogens (tertiary/aromatic N) is 1. The van der Waals surface area contributed by atoms with Crippen molar-refractivity contribution in [2.24, 2.45) is 5.92 Å². The lowest BCUT2D eigenvalue weighted by atomic mass is 9.95. The summed E-state index contributed by atoms with van der Waals surface area (Å²) < 4.78 is 13.8. The molecule has 0 unspecified atom stereocenters. The Bertz CT molecular complexity index is 570. The van der Waals surface area contributed by atoms with E-state index in [1.807, 2.05) is 0 Å². The fraction of sp³-hybridized carbons (Fsp3) is 0.529. The average Bonchev–Trinajstić information content (AvgIpc) is 2.91. The van der Waals surface area contributed by atoms with E-state index in [9.17, 15) is 14.0 Å². The van der Waals surface area contributed by atoms with Gasteiger partial charge in [-0.3, -0.25) is 9.59 Å². The smallest absolute Gasteiger partial charge is 0.227 e. The summed E-state index contributed by atoms with van der Waals surface area (Å²) in [5.41, 5.74) is 0.264. The minimum atomic E-state index is -0.427. The van der Waals surface area contributed by atoms with Gasteiger partial charge in [-0.25, -0.2) is 4.39 Å². The summed E-state index contributed by atoms with van der Waals surface area (Å²) in [6, 6.07) is 6.43. The van der Waals surface area contributed by atoms with Crippen LogP contribution in [0.25, 0.3) is 0 Å². The molecule has 1 saturated heterocycles. The lowest BCUT2D eigenvalue weighted by molar-refractivity contribution is -0.127. The van der Waals surface area contributed by atoms with Crippen molar-refractivity contribution in [2.75, 3.05) is 11.4 Å². The first-order valence-corrected chi connectivity index (χ1v) is 8.00. The number of hydrogen-bond donors (Lipinski definition) is 1. The lowest BCUT2D eigenvalue weighted by Crippen LogP contribution is -2.40. The van der Waals surface area contributed by atoms with E-state index in [1.165, 1.54) is 17.4 Å². The van der Waals surface area contributed by atoms with Crippen molar-refractivity contribution in [1.29, 1.82) is 0 Å². The number of carbonyl (C=O) groups is 2. The van der Waals surface area contributed by atoms with Gasteiger partial charge >= 0.3 is 0 Å². The van der Waals surface area contributed by atoms with E-state index >= 15 is 0 Å².